The second kappa shape index (κ2) is 8.65. The molecule has 2 heterocycles. The lowest BCUT2D eigenvalue weighted by molar-refractivity contribution is 0.205. The van der Waals surface area contributed by atoms with E-state index >= 15 is 0 Å². The third-order valence-electron chi connectivity index (χ3n) is 4.45. The van der Waals surface area contributed by atoms with Crippen LogP contribution >= 0.6 is 0 Å². The number of hydrogen-bond acceptors (Lipinski definition) is 3. The standard InChI is InChI=1S/C23H26N4O/c1-23(2,3)18-10-12-19(13-11-18)26-22(28)27(16-20-8-4-6-14-24-20)17-21-9-5-7-15-25-21/h4-15H,16-17H2,1-3H3,(H,26,28). The molecule has 0 saturated carbocycles. The van der Waals surface area contributed by atoms with Crippen LogP contribution in [-0.4, -0.2) is 20.9 Å². The highest BCUT2D eigenvalue weighted by molar-refractivity contribution is 5.89. The number of anilines is 1. The SMILES string of the molecule is CC(C)(C)c1ccc(NC(=O)N(Cc2ccccn2)Cc2ccccn2)cc1. The van der Waals surface area contributed by atoms with Crippen LogP contribution in [0.25, 0.3) is 0 Å². The highest BCUT2D eigenvalue weighted by Crippen LogP contribution is 2.23. The largest absolute Gasteiger partial charge is 0.322 e. The number of benzene rings is 1. The molecule has 0 bridgehead atoms. The number of amides is 2. The van der Waals surface area contributed by atoms with Crippen LogP contribution in [-0.2, 0) is 18.5 Å². The van der Waals surface area contributed by atoms with Crippen LogP contribution in [0.2, 0.25) is 0 Å². The summed E-state index contributed by atoms with van der Waals surface area (Å²) in [6, 6.07) is 19.2. The summed E-state index contributed by atoms with van der Waals surface area (Å²) in [5.74, 6) is 0. The Labute approximate surface area is 166 Å². The van der Waals surface area contributed by atoms with Crippen LogP contribution in [0, 0.1) is 0 Å². The Hall–Kier alpha value is -3.21. The maximum Gasteiger partial charge on any atom is 0.322 e. The number of hydrogen-bond donors (Lipinski definition) is 1. The zero-order chi connectivity index (χ0) is 20.0. The van der Waals surface area contributed by atoms with Crippen molar-refractivity contribution in [3.05, 3.63) is 90.0 Å². The van der Waals surface area contributed by atoms with Gasteiger partial charge in [0.1, 0.15) is 0 Å². The molecule has 0 atom stereocenters. The molecule has 0 radical (unpaired) electrons. The van der Waals surface area contributed by atoms with Crippen LogP contribution in [0.1, 0.15) is 37.7 Å². The van der Waals surface area contributed by atoms with Crippen molar-refractivity contribution in [2.75, 3.05) is 5.32 Å². The van der Waals surface area contributed by atoms with Gasteiger partial charge in [-0.05, 0) is 47.4 Å². The fourth-order valence-corrected chi connectivity index (χ4v) is 2.83. The molecule has 3 aromatic rings. The van der Waals surface area contributed by atoms with Crippen molar-refractivity contribution in [1.29, 1.82) is 0 Å². The molecular formula is C23H26N4O. The molecular weight excluding hydrogens is 348 g/mol. The van der Waals surface area contributed by atoms with Crippen molar-refractivity contribution in [2.45, 2.75) is 39.3 Å². The van der Waals surface area contributed by atoms with E-state index in [0.717, 1.165) is 17.1 Å². The molecule has 3 rings (SSSR count). The number of nitrogens with zero attached hydrogens (tertiary/aromatic N) is 3. The molecule has 0 spiro atoms. The number of rotatable bonds is 5. The number of pyridine rings is 2. The zero-order valence-corrected chi connectivity index (χ0v) is 16.6. The Morgan fingerprint density at radius 2 is 1.39 bits per heavy atom. The molecule has 5 nitrogen and oxygen atoms in total. The molecule has 0 aliphatic rings. The summed E-state index contributed by atoms with van der Waals surface area (Å²) in [5.41, 5.74) is 3.73. The van der Waals surface area contributed by atoms with Gasteiger partial charge in [-0.15, -0.1) is 0 Å². The summed E-state index contributed by atoms with van der Waals surface area (Å²) < 4.78 is 0. The van der Waals surface area contributed by atoms with Crippen molar-refractivity contribution in [3.63, 3.8) is 0 Å². The van der Waals surface area contributed by atoms with E-state index in [-0.39, 0.29) is 11.4 Å². The van der Waals surface area contributed by atoms with Crippen molar-refractivity contribution < 1.29 is 4.79 Å². The minimum Gasteiger partial charge on any atom is -0.313 e. The normalized spacial score (nSPS) is 11.1. The van der Waals surface area contributed by atoms with Gasteiger partial charge < -0.3 is 10.2 Å². The number of urea groups is 1. The van der Waals surface area contributed by atoms with Crippen LogP contribution in [0.15, 0.2) is 73.1 Å². The number of carbonyl (C=O) groups is 1. The molecule has 5 heteroatoms. The lowest BCUT2D eigenvalue weighted by Gasteiger charge is -2.23. The topological polar surface area (TPSA) is 58.1 Å². The predicted octanol–water partition coefficient (Wildman–Crippen LogP) is 5.01. The van der Waals surface area contributed by atoms with Crippen LogP contribution in [0.4, 0.5) is 10.5 Å². The third-order valence-corrected chi connectivity index (χ3v) is 4.45. The van der Waals surface area contributed by atoms with E-state index in [1.165, 1.54) is 5.56 Å². The van der Waals surface area contributed by atoms with Gasteiger partial charge in [0.25, 0.3) is 0 Å². The van der Waals surface area contributed by atoms with Crippen molar-refractivity contribution >= 4 is 11.7 Å². The second-order valence-corrected chi connectivity index (χ2v) is 7.76. The van der Waals surface area contributed by atoms with Crippen molar-refractivity contribution in [1.82, 2.24) is 14.9 Å². The van der Waals surface area contributed by atoms with Crippen LogP contribution in [0.5, 0.6) is 0 Å². The minimum absolute atomic E-state index is 0.0759. The highest BCUT2D eigenvalue weighted by Gasteiger charge is 2.17. The predicted molar refractivity (Wildman–Crippen MR) is 112 cm³/mol. The summed E-state index contributed by atoms with van der Waals surface area (Å²) in [6.07, 6.45) is 3.47. The van der Waals surface area contributed by atoms with Gasteiger partial charge in [-0.25, -0.2) is 4.79 Å². The Morgan fingerprint density at radius 3 is 1.82 bits per heavy atom. The molecule has 0 aliphatic carbocycles. The molecule has 144 valence electrons. The van der Waals surface area contributed by atoms with Crippen LogP contribution in [0.3, 0.4) is 0 Å². The van der Waals surface area contributed by atoms with Gasteiger partial charge in [0, 0.05) is 18.1 Å². The van der Waals surface area contributed by atoms with Gasteiger partial charge in [-0.1, -0.05) is 45.0 Å². The summed E-state index contributed by atoms with van der Waals surface area (Å²) >= 11 is 0. The summed E-state index contributed by atoms with van der Waals surface area (Å²) in [4.78, 5) is 23.4. The quantitative estimate of drug-likeness (QED) is 0.683. The monoisotopic (exact) mass is 374 g/mol. The summed E-state index contributed by atoms with van der Waals surface area (Å²) in [7, 11) is 0. The second-order valence-electron chi connectivity index (χ2n) is 7.76. The first kappa shape index (κ1) is 19.5. The molecule has 1 aromatic carbocycles. The Morgan fingerprint density at radius 1 is 0.857 bits per heavy atom. The van der Waals surface area contributed by atoms with E-state index in [9.17, 15) is 4.79 Å². The molecule has 2 amide bonds. The van der Waals surface area contributed by atoms with Crippen LogP contribution < -0.4 is 5.32 Å². The average molecular weight is 374 g/mol. The third kappa shape index (κ3) is 5.39. The first-order chi connectivity index (χ1) is 13.4. The highest BCUT2D eigenvalue weighted by atomic mass is 16.2. The van der Waals surface area contributed by atoms with Crippen molar-refractivity contribution in [3.8, 4) is 0 Å². The molecule has 1 N–H and O–H groups in total. The van der Waals surface area contributed by atoms with Gasteiger partial charge >= 0.3 is 6.03 Å². The fraction of sp³-hybridized carbons (Fsp3) is 0.261. The van der Waals surface area contributed by atoms with Gasteiger partial charge in [-0.2, -0.15) is 0 Å². The zero-order valence-electron chi connectivity index (χ0n) is 16.6. The summed E-state index contributed by atoms with van der Waals surface area (Å²) in [6.45, 7) is 7.32. The van der Waals surface area contributed by atoms with E-state index in [4.69, 9.17) is 0 Å². The van der Waals surface area contributed by atoms with E-state index in [1.807, 2.05) is 48.5 Å². The first-order valence-corrected chi connectivity index (χ1v) is 9.38. The van der Waals surface area contributed by atoms with E-state index in [2.05, 4.69) is 48.2 Å². The summed E-state index contributed by atoms with van der Waals surface area (Å²) in [5, 5.41) is 2.99. The Balaban J connectivity index is 1.75. The number of carbonyl (C=O) groups excluding carboxylic acids is 1. The molecule has 0 fully saturated rings. The van der Waals surface area contributed by atoms with E-state index < -0.39 is 0 Å². The molecule has 0 saturated heterocycles. The lowest BCUT2D eigenvalue weighted by Crippen LogP contribution is -2.34. The van der Waals surface area contributed by atoms with Crippen molar-refractivity contribution in [2.24, 2.45) is 0 Å². The van der Waals surface area contributed by atoms with Gasteiger partial charge in [0.15, 0.2) is 0 Å². The first-order valence-electron chi connectivity index (χ1n) is 9.38. The Kier molecular flexibility index (Phi) is 6.04. The van der Waals surface area contributed by atoms with E-state index in [0.29, 0.717) is 13.1 Å². The number of nitrogens with one attached hydrogen (secondary N) is 1. The maximum atomic E-state index is 13.0. The number of aromatic nitrogens is 2. The molecule has 0 aliphatic heterocycles. The molecule has 2 aromatic heterocycles. The lowest BCUT2D eigenvalue weighted by atomic mass is 9.87. The van der Waals surface area contributed by atoms with E-state index in [1.54, 1.807) is 17.3 Å². The fourth-order valence-electron chi connectivity index (χ4n) is 2.83. The minimum atomic E-state index is -0.181. The van der Waals surface area contributed by atoms with Gasteiger partial charge in [0.2, 0.25) is 0 Å². The van der Waals surface area contributed by atoms with Gasteiger partial charge in [-0.3, -0.25) is 9.97 Å². The average Bonchev–Trinajstić information content (AvgIpc) is 2.69. The maximum absolute atomic E-state index is 13.0. The smallest absolute Gasteiger partial charge is 0.313 e. The molecule has 0 unspecified atom stereocenters. The Bertz CT molecular complexity index is 846. The van der Waals surface area contributed by atoms with Gasteiger partial charge in [0.05, 0.1) is 24.5 Å². The molecule has 28 heavy (non-hydrogen) atoms.